The molecule has 0 unspecified atom stereocenters. The van der Waals surface area contributed by atoms with Crippen LogP contribution < -0.4 is 0 Å². The first kappa shape index (κ1) is 7.37. The van der Waals surface area contributed by atoms with E-state index < -0.39 is 0 Å². The number of nitrogens with zero attached hydrogens (tertiary/aromatic N) is 4. The van der Waals surface area contributed by atoms with Gasteiger partial charge in [0.15, 0.2) is 0 Å². The first-order chi connectivity index (χ1) is 5.25. The largest absolute Gasteiger partial charge is 0.506 e. The zero-order chi connectivity index (χ0) is 8.27. The molecule has 0 fully saturated rings. The van der Waals surface area contributed by atoms with Crippen molar-refractivity contribution in [2.75, 3.05) is 0 Å². The van der Waals surface area contributed by atoms with Crippen LogP contribution in [0.15, 0.2) is 17.4 Å². The van der Waals surface area contributed by atoms with Crippen LogP contribution in [-0.4, -0.2) is 10.1 Å². The maximum atomic E-state index is 9.20. The lowest BCUT2D eigenvalue weighted by molar-refractivity contribution is 0.469. The van der Waals surface area contributed by atoms with Crippen molar-refractivity contribution >= 4 is 5.69 Å². The summed E-state index contributed by atoms with van der Waals surface area (Å²) >= 11 is 0. The molecule has 0 bridgehead atoms. The van der Waals surface area contributed by atoms with E-state index in [-0.39, 0.29) is 11.4 Å². The number of aromatic hydroxyl groups is 1. The Hall–Kier alpha value is -1.74. The maximum absolute atomic E-state index is 9.20. The molecule has 0 aliphatic carbocycles. The number of hydrogen-bond donors (Lipinski definition) is 1. The molecule has 0 saturated heterocycles. The molecule has 1 heterocycles. The van der Waals surface area contributed by atoms with Gasteiger partial charge in [-0.25, -0.2) is 0 Å². The normalized spacial score (nSPS) is 8.82. The van der Waals surface area contributed by atoms with E-state index in [9.17, 15) is 5.11 Å². The summed E-state index contributed by atoms with van der Waals surface area (Å²) in [6.07, 6.45) is 1.47. The highest BCUT2D eigenvalue weighted by Crippen LogP contribution is 2.27. The van der Waals surface area contributed by atoms with Crippen molar-refractivity contribution in [2.24, 2.45) is 5.11 Å². The molecule has 1 rings (SSSR count). The van der Waals surface area contributed by atoms with Crippen LogP contribution in [0.3, 0.4) is 0 Å². The van der Waals surface area contributed by atoms with E-state index >= 15 is 0 Å². The summed E-state index contributed by atoms with van der Waals surface area (Å²) in [7, 11) is 0. The fourth-order valence-electron chi connectivity index (χ4n) is 0.674. The van der Waals surface area contributed by atoms with Crippen LogP contribution in [0, 0.1) is 6.92 Å². The minimum Gasteiger partial charge on any atom is -0.506 e. The van der Waals surface area contributed by atoms with Crippen molar-refractivity contribution in [3.63, 3.8) is 0 Å². The molecule has 0 aliphatic heterocycles. The highest BCUT2D eigenvalue weighted by Gasteiger charge is 2.00. The van der Waals surface area contributed by atoms with Gasteiger partial charge in [0.05, 0.1) is 11.4 Å². The summed E-state index contributed by atoms with van der Waals surface area (Å²) in [6, 6.07) is 1.45. The molecule has 1 aromatic heterocycles. The molecule has 0 radical (unpaired) electrons. The standard InChI is InChI=1S/C6H6N4O/c1-4-6(11)5(9-10-7)2-3-8-4/h2-3,11H,1H3. The second-order valence-electron chi connectivity index (χ2n) is 1.95. The summed E-state index contributed by atoms with van der Waals surface area (Å²) in [4.78, 5) is 6.33. The molecule has 1 N–H and O–H groups in total. The molecule has 0 amide bonds. The Labute approximate surface area is 62.9 Å². The average Bonchev–Trinajstić information content (AvgIpc) is 1.99. The topological polar surface area (TPSA) is 81.9 Å². The number of hydrogen-bond acceptors (Lipinski definition) is 3. The third-order valence-corrected chi connectivity index (χ3v) is 1.24. The third-order valence-electron chi connectivity index (χ3n) is 1.24. The van der Waals surface area contributed by atoms with Gasteiger partial charge < -0.3 is 5.11 Å². The zero-order valence-electron chi connectivity index (χ0n) is 5.89. The van der Waals surface area contributed by atoms with Crippen molar-refractivity contribution in [1.82, 2.24) is 4.98 Å². The van der Waals surface area contributed by atoms with Crippen LogP contribution in [0.5, 0.6) is 5.75 Å². The van der Waals surface area contributed by atoms with Gasteiger partial charge in [0.25, 0.3) is 0 Å². The van der Waals surface area contributed by atoms with Crippen molar-refractivity contribution in [1.29, 1.82) is 0 Å². The van der Waals surface area contributed by atoms with E-state index in [0.29, 0.717) is 5.69 Å². The van der Waals surface area contributed by atoms with Gasteiger partial charge in [-0.05, 0) is 18.5 Å². The van der Waals surface area contributed by atoms with Gasteiger partial charge in [-0.1, -0.05) is 5.11 Å². The minimum atomic E-state index is -0.0645. The zero-order valence-corrected chi connectivity index (χ0v) is 5.89. The molecule has 0 spiro atoms. The van der Waals surface area contributed by atoms with Crippen LogP contribution in [0.25, 0.3) is 10.4 Å². The lowest BCUT2D eigenvalue weighted by Crippen LogP contribution is -1.79. The number of aryl methyl sites for hydroxylation is 1. The summed E-state index contributed by atoms with van der Waals surface area (Å²) in [5.41, 5.74) is 8.72. The molecule has 0 aromatic carbocycles. The van der Waals surface area contributed by atoms with Crippen LogP contribution in [0.4, 0.5) is 5.69 Å². The smallest absolute Gasteiger partial charge is 0.146 e. The Kier molecular flexibility index (Phi) is 1.94. The Morgan fingerprint density at radius 1 is 1.73 bits per heavy atom. The van der Waals surface area contributed by atoms with Crippen LogP contribution in [-0.2, 0) is 0 Å². The lowest BCUT2D eigenvalue weighted by Gasteiger charge is -1.98. The van der Waals surface area contributed by atoms with Gasteiger partial charge in [-0.2, -0.15) is 0 Å². The van der Waals surface area contributed by atoms with Crippen molar-refractivity contribution in [2.45, 2.75) is 6.92 Å². The molecule has 56 valence electrons. The first-order valence-corrected chi connectivity index (χ1v) is 2.95. The Morgan fingerprint density at radius 3 is 3.09 bits per heavy atom. The fourth-order valence-corrected chi connectivity index (χ4v) is 0.674. The Bertz CT molecular complexity index is 316. The van der Waals surface area contributed by atoms with E-state index in [0.717, 1.165) is 0 Å². The van der Waals surface area contributed by atoms with Crippen LogP contribution in [0.1, 0.15) is 5.69 Å². The number of azide groups is 1. The number of rotatable bonds is 1. The molecule has 0 aliphatic rings. The Balaban J connectivity index is 3.26. The van der Waals surface area contributed by atoms with Gasteiger partial charge >= 0.3 is 0 Å². The molecule has 0 atom stereocenters. The van der Waals surface area contributed by atoms with E-state index in [2.05, 4.69) is 15.0 Å². The van der Waals surface area contributed by atoms with Gasteiger partial charge in [-0.3, -0.25) is 4.98 Å². The van der Waals surface area contributed by atoms with E-state index in [1.165, 1.54) is 12.3 Å². The second kappa shape index (κ2) is 2.90. The molecule has 11 heavy (non-hydrogen) atoms. The van der Waals surface area contributed by atoms with Gasteiger partial charge in [0.1, 0.15) is 5.75 Å². The second-order valence-corrected chi connectivity index (χ2v) is 1.95. The minimum absolute atomic E-state index is 0.0645. The summed E-state index contributed by atoms with van der Waals surface area (Å²) < 4.78 is 0. The predicted molar refractivity (Wildman–Crippen MR) is 39.4 cm³/mol. The van der Waals surface area contributed by atoms with Crippen molar-refractivity contribution in [3.05, 3.63) is 28.4 Å². The summed E-state index contributed by atoms with van der Waals surface area (Å²) in [5.74, 6) is -0.0645. The third kappa shape index (κ3) is 1.39. The lowest BCUT2D eigenvalue weighted by atomic mass is 10.3. The molecular formula is C6H6N4O. The van der Waals surface area contributed by atoms with Gasteiger partial charge in [0, 0.05) is 11.1 Å². The average molecular weight is 150 g/mol. The van der Waals surface area contributed by atoms with E-state index in [4.69, 9.17) is 5.53 Å². The van der Waals surface area contributed by atoms with E-state index in [1.54, 1.807) is 6.92 Å². The molecular weight excluding hydrogens is 144 g/mol. The maximum Gasteiger partial charge on any atom is 0.146 e. The van der Waals surface area contributed by atoms with E-state index in [1.807, 2.05) is 0 Å². The monoisotopic (exact) mass is 150 g/mol. The Morgan fingerprint density at radius 2 is 2.45 bits per heavy atom. The number of aromatic nitrogens is 1. The van der Waals surface area contributed by atoms with Crippen LogP contribution in [0.2, 0.25) is 0 Å². The van der Waals surface area contributed by atoms with Crippen molar-refractivity contribution in [3.8, 4) is 5.75 Å². The van der Waals surface area contributed by atoms with Gasteiger partial charge in [-0.15, -0.1) is 0 Å². The molecule has 5 heteroatoms. The summed E-state index contributed by atoms with van der Waals surface area (Å²) in [6.45, 7) is 1.63. The van der Waals surface area contributed by atoms with Crippen molar-refractivity contribution < 1.29 is 5.11 Å². The highest BCUT2D eigenvalue weighted by atomic mass is 16.3. The number of pyridine rings is 1. The highest BCUT2D eigenvalue weighted by molar-refractivity contribution is 5.51. The molecule has 5 nitrogen and oxygen atoms in total. The predicted octanol–water partition coefficient (Wildman–Crippen LogP) is 2.04. The summed E-state index contributed by atoms with van der Waals surface area (Å²) in [5, 5.41) is 12.5. The first-order valence-electron chi connectivity index (χ1n) is 2.95. The molecule has 1 aromatic rings. The molecule has 0 saturated carbocycles. The SMILES string of the molecule is Cc1nccc(N=[N+]=[N-])c1O. The fraction of sp³-hybridized carbons (Fsp3) is 0.167. The van der Waals surface area contributed by atoms with Crippen LogP contribution >= 0.6 is 0 Å². The van der Waals surface area contributed by atoms with Gasteiger partial charge in [0.2, 0.25) is 0 Å². The quantitative estimate of drug-likeness (QED) is 0.377.